The van der Waals surface area contributed by atoms with Crippen molar-refractivity contribution in [2.45, 2.75) is 19.5 Å². The number of aryl methyl sites for hydroxylation is 1. The highest BCUT2D eigenvalue weighted by molar-refractivity contribution is 5.94. The van der Waals surface area contributed by atoms with Crippen LogP contribution < -0.4 is 14.8 Å². The van der Waals surface area contributed by atoms with Crippen molar-refractivity contribution >= 4 is 11.7 Å². The first-order chi connectivity index (χ1) is 13.6. The molecule has 3 aromatic rings. The summed E-state index contributed by atoms with van der Waals surface area (Å²) in [4.78, 5) is 15.0. The first kappa shape index (κ1) is 18.1. The fraction of sp³-hybridized carbons (Fsp3) is 0.238. The lowest BCUT2D eigenvalue weighted by atomic mass is 10.0. The Labute approximate surface area is 162 Å². The van der Waals surface area contributed by atoms with E-state index in [0.29, 0.717) is 18.1 Å². The van der Waals surface area contributed by atoms with Gasteiger partial charge >= 0.3 is 0 Å². The van der Waals surface area contributed by atoms with E-state index in [1.54, 1.807) is 13.0 Å². The average molecular weight is 379 g/mol. The third-order valence-corrected chi connectivity index (χ3v) is 4.55. The van der Waals surface area contributed by atoms with Gasteiger partial charge in [-0.1, -0.05) is 41.6 Å². The molecule has 0 fully saturated rings. The van der Waals surface area contributed by atoms with Gasteiger partial charge in [-0.05, 0) is 37.2 Å². The van der Waals surface area contributed by atoms with E-state index in [9.17, 15) is 4.79 Å². The SMILES string of the molecule is Cc1cc(NC(=O)[C@@H](c2ccccc2)N(C)Cc2ccc3c(c2)OCO3)no1. The predicted octanol–water partition coefficient (Wildman–Crippen LogP) is 3.52. The summed E-state index contributed by atoms with van der Waals surface area (Å²) in [5.41, 5.74) is 1.92. The van der Waals surface area contributed by atoms with E-state index in [1.165, 1.54) is 0 Å². The number of fused-ring (bicyclic) bond motifs is 1. The molecule has 2 heterocycles. The van der Waals surface area contributed by atoms with Gasteiger partial charge in [0.2, 0.25) is 12.7 Å². The van der Waals surface area contributed by atoms with Gasteiger partial charge in [0.25, 0.3) is 0 Å². The molecule has 7 nitrogen and oxygen atoms in total. The number of hydrogen-bond donors (Lipinski definition) is 1. The number of nitrogens with one attached hydrogen (secondary N) is 1. The summed E-state index contributed by atoms with van der Waals surface area (Å²) in [7, 11) is 1.91. The lowest BCUT2D eigenvalue weighted by Crippen LogP contribution is -2.34. The van der Waals surface area contributed by atoms with Gasteiger partial charge in [-0.3, -0.25) is 9.69 Å². The molecule has 1 aliphatic heterocycles. The van der Waals surface area contributed by atoms with Crippen molar-refractivity contribution in [2.75, 3.05) is 19.2 Å². The van der Waals surface area contributed by atoms with Crippen molar-refractivity contribution in [1.82, 2.24) is 10.1 Å². The number of carbonyl (C=O) groups is 1. The third kappa shape index (κ3) is 3.84. The maximum atomic E-state index is 13.1. The van der Waals surface area contributed by atoms with Crippen LogP contribution in [-0.4, -0.2) is 29.8 Å². The van der Waals surface area contributed by atoms with Crippen LogP contribution in [0.3, 0.4) is 0 Å². The topological polar surface area (TPSA) is 76.8 Å². The second kappa shape index (κ2) is 7.74. The van der Waals surface area contributed by atoms with Crippen molar-refractivity contribution in [3.63, 3.8) is 0 Å². The Morgan fingerprint density at radius 1 is 1.14 bits per heavy atom. The van der Waals surface area contributed by atoms with E-state index in [-0.39, 0.29) is 12.7 Å². The van der Waals surface area contributed by atoms with E-state index in [1.807, 2.05) is 60.5 Å². The molecule has 28 heavy (non-hydrogen) atoms. The van der Waals surface area contributed by atoms with Crippen LogP contribution in [0.4, 0.5) is 5.82 Å². The summed E-state index contributed by atoms with van der Waals surface area (Å²) in [5, 5.41) is 6.70. The van der Waals surface area contributed by atoms with Gasteiger partial charge in [0.15, 0.2) is 17.3 Å². The standard InChI is InChI=1S/C21H21N3O4/c1-14-10-19(23-28-14)22-21(25)20(16-6-4-3-5-7-16)24(2)12-15-8-9-17-18(11-15)27-13-26-17/h3-11,20H,12-13H2,1-2H3,(H,22,23,25)/t20-/m1/s1. The van der Waals surface area contributed by atoms with Crippen LogP contribution in [0.2, 0.25) is 0 Å². The monoisotopic (exact) mass is 379 g/mol. The molecule has 1 amide bonds. The molecular formula is C21H21N3O4. The Morgan fingerprint density at radius 3 is 2.68 bits per heavy atom. The molecule has 144 valence electrons. The zero-order chi connectivity index (χ0) is 19.5. The Morgan fingerprint density at radius 2 is 1.93 bits per heavy atom. The van der Waals surface area contributed by atoms with Crippen molar-refractivity contribution in [1.29, 1.82) is 0 Å². The molecule has 4 rings (SSSR count). The van der Waals surface area contributed by atoms with Crippen LogP contribution in [0.15, 0.2) is 59.1 Å². The molecule has 2 aromatic carbocycles. The van der Waals surface area contributed by atoms with Gasteiger partial charge in [0, 0.05) is 12.6 Å². The van der Waals surface area contributed by atoms with Gasteiger partial charge in [0.1, 0.15) is 11.8 Å². The summed E-state index contributed by atoms with van der Waals surface area (Å²) in [6.07, 6.45) is 0. The molecule has 0 unspecified atom stereocenters. The van der Waals surface area contributed by atoms with Gasteiger partial charge in [0.05, 0.1) is 0 Å². The predicted molar refractivity (Wildman–Crippen MR) is 103 cm³/mol. The number of nitrogens with zero attached hydrogens (tertiary/aromatic N) is 2. The number of hydrogen-bond acceptors (Lipinski definition) is 6. The Hall–Kier alpha value is -3.32. The van der Waals surface area contributed by atoms with E-state index in [0.717, 1.165) is 22.6 Å². The van der Waals surface area contributed by atoms with E-state index >= 15 is 0 Å². The number of aromatic nitrogens is 1. The highest BCUT2D eigenvalue weighted by atomic mass is 16.7. The van der Waals surface area contributed by atoms with Gasteiger partial charge in [-0.25, -0.2) is 0 Å². The molecule has 0 saturated heterocycles. The number of carbonyl (C=O) groups excluding carboxylic acids is 1. The second-order valence-corrected chi connectivity index (χ2v) is 6.73. The van der Waals surface area contributed by atoms with Crippen LogP contribution in [0.5, 0.6) is 11.5 Å². The summed E-state index contributed by atoms with van der Waals surface area (Å²) < 4.78 is 15.9. The van der Waals surface area contributed by atoms with Crippen LogP contribution >= 0.6 is 0 Å². The third-order valence-electron chi connectivity index (χ3n) is 4.55. The molecule has 0 spiro atoms. The fourth-order valence-corrected chi connectivity index (χ4v) is 3.28. The van der Waals surface area contributed by atoms with Gasteiger partial charge in [-0.2, -0.15) is 0 Å². The molecule has 0 radical (unpaired) electrons. The van der Waals surface area contributed by atoms with Crippen LogP contribution in [0.1, 0.15) is 22.9 Å². The van der Waals surface area contributed by atoms with Crippen molar-refractivity contribution in [3.8, 4) is 11.5 Å². The molecule has 0 saturated carbocycles. The molecule has 0 bridgehead atoms. The minimum Gasteiger partial charge on any atom is -0.454 e. The minimum atomic E-state index is -0.497. The number of benzene rings is 2. The second-order valence-electron chi connectivity index (χ2n) is 6.73. The number of anilines is 1. The van der Waals surface area contributed by atoms with Crippen LogP contribution in [-0.2, 0) is 11.3 Å². The maximum Gasteiger partial charge on any atom is 0.247 e. The molecule has 0 aliphatic carbocycles. The largest absolute Gasteiger partial charge is 0.454 e. The lowest BCUT2D eigenvalue weighted by Gasteiger charge is -2.27. The Kier molecular flexibility index (Phi) is 4.99. The number of ether oxygens (including phenoxy) is 2. The zero-order valence-corrected chi connectivity index (χ0v) is 15.7. The molecule has 1 N–H and O–H groups in total. The highest BCUT2D eigenvalue weighted by Gasteiger charge is 2.26. The Balaban J connectivity index is 1.56. The van der Waals surface area contributed by atoms with E-state index in [4.69, 9.17) is 14.0 Å². The molecule has 1 aromatic heterocycles. The summed E-state index contributed by atoms with van der Waals surface area (Å²) >= 11 is 0. The van der Waals surface area contributed by atoms with Crippen molar-refractivity contribution < 1.29 is 18.8 Å². The zero-order valence-electron chi connectivity index (χ0n) is 15.7. The average Bonchev–Trinajstić information content (AvgIpc) is 3.31. The first-order valence-corrected chi connectivity index (χ1v) is 8.98. The molecular weight excluding hydrogens is 358 g/mol. The molecule has 1 aliphatic rings. The summed E-state index contributed by atoms with van der Waals surface area (Å²) in [6.45, 7) is 2.57. The normalized spacial score (nSPS) is 13.5. The van der Waals surface area contributed by atoms with Gasteiger partial charge in [-0.15, -0.1) is 0 Å². The minimum absolute atomic E-state index is 0.178. The molecule has 1 atom stereocenters. The number of amides is 1. The number of rotatable bonds is 6. The van der Waals surface area contributed by atoms with E-state index in [2.05, 4.69) is 10.5 Å². The number of likely N-dealkylation sites (N-methyl/N-ethyl adjacent to an activating group) is 1. The van der Waals surface area contributed by atoms with Crippen molar-refractivity contribution in [2.24, 2.45) is 0 Å². The highest BCUT2D eigenvalue weighted by Crippen LogP contribution is 2.33. The maximum absolute atomic E-state index is 13.1. The van der Waals surface area contributed by atoms with Crippen LogP contribution in [0.25, 0.3) is 0 Å². The first-order valence-electron chi connectivity index (χ1n) is 8.98. The fourth-order valence-electron chi connectivity index (χ4n) is 3.28. The van der Waals surface area contributed by atoms with Gasteiger partial charge < -0.3 is 19.3 Å². The van der Waals surface area contributed by atoms with E-state index < -0.39 is 6.04 Å². The lowest BCUT2D eigenvalue weighted by molar-refractivity contribution is -0.121. The quantitative estimate of drug-likeness (QED) is 0.706. The van der Waals surface area contributed by atoms with Crippen LogP contribution in [0, 0.1) is 6.92 Å². The molecule has 7 heteroatoms. The Bertz CT molecular complexity index is 971. The summed E-state index contributed by atoms with van der Waals surface area (Å²) in [6, 6.07) is 16.7. The summed E-state index contributed by atoms with van der Waals surface area (Å²) in [5.74, 6) is 2.33. The smallest absolute Gasteiger partial charge is 0.247 e. The van der Waals surface area contributed by atoms with Crippen molar-refractivity contribution in [3.05, 3.63) is 71.5 Å².